The molecule has 0 radical (unpaired) electrons. The van der Waals surface area contributed by atoms with Crippen molar-refractivity contribution in [2.24, 2.45) is 0 Å². The zero-order valence-corrected chi connectivity index (χ0v) is 9.77. The van der Waals surface area contributed by atoms with Crippen LogP contribution in [0.2, 0.25) is 0 Å². The maximum Gasteiger partial charge on any atom is 0.247 e. The van der Waals surface area contributed by atoms with Gasteiger partial charge in [-0.3, -0.25) is 4.79 Å². The molecule has 0 unspecified atom stereocenters. The van der Waals surface area contributed by atoms with Crippen LogP contribution in [0.25, 0.3) is 0 Å². The van der Waals surface area contributed by atoms with Gasteiger partial charge in [-0.1, -0.05) is 12.1 Å². The van der Waals surface area contributed by atoms with E-state index >= 15 is 0 Å². The molecule has 1 fully saturated rings. The number of carbonyl (C=O) groups excluding carboxylic acids is 1. The Morgan fingerprint density at radius 3 is 2.65 bits per heavy atom. The monoisotopic (exact) mass is 256 g/mol. The van der Waals surface area contributed by atoms with Gasteiger partial charge >= 0.3 is 0 Å². The number of piperazine rings is 1. The normalized spacial score (nSPS) is 17.8. The molecule has 2 rings (SSSR count). The number of phenolic OH excluding ortho intramolecular Hbond substituents is 1. The topological polar surface area (TPSA) is 86.7 Å². The fourth-order valence-electron chi connectivity index (χ4n) is 1.63. The van der Waals surface area contributed by atoms with E-state index in [-0.39, 0.29) is 36.2 Å². The Hall–Kier alpha value is -1.60. The number of hydrogen-bond acceptors (Lipinski definition) is 4. The Bertz CT molecular complexity index is 541. The first-order valence-corrected chi connectivity index (χ1v) is 6.50. The minimum atomic E-state index is -3.80. The van der Waals surface area contributed by atoms with Gasteiger partial charge in [0.15, 0.2) is 0 Å². The lowest BCUT2D eigenvalue weighted by molar-refractivity contribution is -0.122. The summed E-state index contributed by atoms with van der Waals surface area (Å²) in [7, 11) is -3.80. The zero-order valence-electron chi connectivity index (χ0n) is 8.96. The molecule has 7 heteroatoms. The van der Waals surface area contributed by atoms with Gasteiger partial charge in [0.25, 0.3) is 0 Å². The van der Waals surface area contributed by atoms with Gasteiger partial charge in [0, 0.05) is 13.1 Å². The van der Waals surface area contributed by atoms with Gasteiger partial charge in [-0.05, 0) is 12.1 Å². The van der Waals surface area contributed by atoms with E-state index in [4.69, 9.17) is 0 Å². The highest BCUT2D eigenvalue weighted by molar-refractivity contribution is 7.89. The number of aromatic hydroxyl groups is 1. The van der Waals surface area contributed by atoms with Crippen LogP contribution in [0.1, 0.15) is 0 Å². The molecule has 1 aromatic carbocycles. The highest BCUT2D eigenvalue weighted by atomic mass is 32.2. The van der Waals surface area contributed by atoms with Crippen molar-refractivity contribution < 1.29 is 18.3 Å². The Labute approximate surface area is 98.9 Å². The maximum absolute atomic E-state index is 12.1. The standard InChI is InChI=1S/C10H12N2O4S/c13-8-3-1-2-4-9(8)17(15,16)12-6-5-11-10(14)7-12/h1-4,13H,5-7H2,(H,11,14). The summed E-state index contributed by atoms with van der Waals surface area (Å²) in [4.78, 5) is 11.0. The molecule has 0 spiro atoms. The average molecular weight is 256 g/mol. The molecule has 6 nitrogen and oxygen atoms in total. The second-order valence-corrected chi connectivity index (χ2v) is 5.56. The van der Waals surface area contributed by atoms with Crippen LogP contribution in [0.4, 0.5) is 0 Å². The van der Waals surface area contributed by atoms with Crippen molar-refractivity contribution in [1.29, 1.82) is 0 Å². The van der Waals surface area contributed by atoms with Crippen LogP contribution in [0.5, 0.6) is 5.75 Å². The van der Waals surface area contributed by atoms with E-state index in [2.05, 4.69) is 5.32 Å². The molecule has 1 aliphatic heterocycles. The van der Waals surface area contributed by atoms with Gasteiger partial charge in [0.1, 0.15) is 10.6 Å². The fourth-order valence-corrected chi connectivity index (χ4v) is 3.11. The highest BCUT2D eigenvalue weighted by Crippen LogP contribution is 2.25. The number of rotatable bonds is 2. The molecule has 0 bridgehead atoms. The lowest BCUT2D eigenvalue weighted by Crippen LogP contribution is -2.49. The molecule has 1 saturated heterocycles. The van der Waals surface area contributed by atoms with E-state index in [1.807, 2.05) is 0 Å². The van der Waals surface area contributed by atoms with Crippen LogP contribution in [0.3, 0.4) is 0 Å². The lowest BCUT2D eigenvalue weighted by Gasteiger charge is -2.26. The van der Waals surface area contributed by atoms with E-state index in [9.17, 15) is 18.3 Å². The average Bonchev–Trinajstić information content (AvgIpc) is 2.29. The Kier molecular flexibility index (Phi) is 3.03. The maximum atomic E-state index is 12.1. The van der Waals surface area contributed by atoms with Crippen molar-refractivity contribution in [3.63, 3.8) is 0 Å². The molecule has 1 amide bonds. The molecule has 0 aromatic heterocycles. The van der Waals surface area contributed by atoms with Gasteiger partial charge in [-0.25, -0.2) is 8.42 Å². The van der Waals surface area contributed by atoms with Crippen molar-refractivity contribution in [2.75, 3.05) is 19.6 Å². The number of phenols is 1. The molecule has 1 aliphatic rings. The van der Waals surface area contributed by atoms with Crippen LogP contribution in [0.15, 0.2) is 29.2 Å². The summed E-state index contributed by atoms with van der Waals surface area (Å²) >= 11 is 0. The third kappa shape index (κ3) is 2.25. The predicted octanol–water partition coefficient (Wildman–Crippen LogP) is -0.487. The Balaban J connectivity index is 2.36. The molecule has 0 atom stereocenters. The predicted molar refractivity (Wildman–Crippen MR) is 59.9 cm³/mol. The van der Waals surface area contributed by atoms with Crippen LogP contribution in [-0.2, 0) is 14.8 Å². The summed E-state index contributed by atoms with van der Waals surface area (Å²) < 4.78 is 25.3. The third-order valence-corrected chi connectivity index (χ3v) is 4.38. The summed E-state index contributed by atoms with van der Waals surface area (Å²) in [5.41, 5.74) is 0. The number of amides is 1. The Morgan fingerprint density at radius 2 is 2.00 bits per heavy atom. The first-order chi connectivity index (χ1) is 8.01. The second kappa shape index (κ2) is 4.34. The van der Waals surface area contributed by atoms with E-state index in [0.717, 1.165) is 4.31 Å². The minimum Gasteiger partial charge on any atom is -0.507 e. The van der Waals surface area contributed by atoms with Gasteiger partial charge in [0.05, 0.1) is 6.54 Å². The molecule has 1 heterocycles. The van der Waals surface area contributed by atoms with Crippen molar-refractivity contribution in [1.82, 2.24) is 9.62 Å². The molecular weight excluding hydrogens is 244 g/mol. The summed E-state index contributed by atoms with van der Waals surface area (Å²) in [6.07, 6.45) is 0. The van der Waals surface area contributed by atoms with Crippen molar-refractivity contribution in [3.05, 3.63) is 24.3 Å². The molecule has 17 heavy (non-hydrogen) atoms. The second-order valence-electron chi connectivity index (χ2n) is 3.66. The molecule has 1 aromatic rings. The third-order valence-electron chi connectivity index (χ3n) is 2.49. The van der Waals surface area contributed by atoms with Crippen LogP contribution in [0, 0.1) is 0 Å². The molecule has 92 valence electrons. The first kappa shape index (κ1) is 11.9. The zero-order chi connectivity index (χ0) is 12.5. The summed E-state index contributed by atoms with van der Waals surface area (Å²) in [6.45, 7) is 0.282. The fraction of sp³-hybridized carbons (Fsp3) is 0.300. The number of sulfonamides is 1. The van der Waals surface area contributed by atoms with E-state index in [0.29, 0.717) is 0 Å². The summed E-state index contributed by atoms with van der Waals surface area (Å²) in [5.74, 6) is -0.645. The van der Waals surface area contributed by atoms with Gasteiger partial charge < -0.3 is 10.4 Å². The molecule has 0 saturated carbocycles. The molecule has 2 N–H and O–H groups in total. The number of carbonyl (C=O) groups is 1. The molecule has 0 aliphatic carbocycles. The number of benzene rings is 1. The van der Waals surface area contributed by atoms with E-state index < -0.39 is 10.0 Å². The number of nitrogens with zero attached hydrogens (tertiary/aromatic N) is 1. The smallest absolute Gasteiger partial charge is 0.247 e. The van der Waals surface area contributed by atoms with Crippen LogP contribution >= 0.6 is 0 Å². The molecular formula is C10H12N2O4S. The number of nitrogens with one attached hydrogen (secondary N) is 1. The summed E-state index contributed by atoms with van der Waals surface area (Å²) in [6, 6.07) is 5.68. The van der Waals surface area contributed by atoms with E-state index in [1.54, 1.807) is 0 Å². The van der Waals surface area contributed by atoms with E-state index in [1.165, 1.54) is 24.3 Å². The minimum absolute atomic E-state index is 0.172. The van der Waals surface area contributed by atoms with Gasteiger partial charge in [-0.2, -0.15) is 4.31 Å². The number of para-hydroxylation sites is 1. The van der Waals surface area contributed by atoms with Crippen molar-refractivity contribution in [2.45, 2.75) is 4.90 Å². The Morgan fingerprint density at radius 1 is 1.29 bits per heavy atom. The van der Waals surface area contributed by atoms with Crippen molar-refractivity contribution >= 4 is 15.9 Å². The van der Waals surface area contributed by atoms with Gasteiger partial charge in [0.2, 0.25) is 15.9 Å². The lowest BCUT2D eigenvalue weighted by atomic mass is 10.3. The van der Waals surface area contributed by atoms with Gasteiger partial charge in [-0.15, -0.1) is 0 Å². The highest BCUT2D eigenvalue weighted by Gasteiger charge is 2.30. The first-order valence-electron chi connectivity index (χ1n) is 5.06. The van der Waals surface area contributed by atoms with Crippen LogP contribution < -0.4 is 5.32 Å². The largest absolute Gasteiger partial charge is 0.507 e. The SMILES string of the molecule is O=C1CN(S(=O)(=O)c2ccccc2O)CCN1. The quantitative estimate of drug-likeness (QED) is 0.747. The van der Waals surface area contributed by atoms with Crippen LogP contribution in [-0.4, -0.2) is 43.4 Å². The summed E-state index contributed by atoms with van der Waals surface area (Å²) in [5, 5.41) is 12.1. The van der Waals surface area contributed by atoms with Crippen molar-refractivity contribution in [3.8, 4) is 5.75 Å². The number of hydrogen-bond donors (Lipinski definition) is 2.